The molecule has 1 aromatic carbocycles. The summed E-state index contributed by atoms with van der Waals surface area (Å²) >= 11 is 0. The zero-order valence-corrected chi connectivity index (χ0v) is 15.1. The van der Waals surface area contributed by atoms with E-state index in [1.807, 2.05) is 36.1 Å². The first-order valence-electron chi connectivity index (χ1n) is 9.04. The van der Waals surface area contributed by atoms with Gasteiger partial charge in [-0.1, -0.05) is 6.07 Å². The summed E-state index contributed by atoms with van der Waals surface area (Å²) in [4.78, 5) is 27.1. The number of anilines is 1. The van der Waals surface area contributed by atoms with E-state index >= 15 is 0 Å². The molecule has 2 aromatic heterocycles. The first kappa shape index (κ1) is 17.2. The van der Waals surface area contributed by atoms with Crippen molar-refractivity contribution < 1.29 is 9.53 Å². The van der Waals surface area contributed by atoms with Crippen molar-refractivity contribution in [2.24, 2.45) is 0 Å². The topological polar surface area (TPSA) is 80.2 Å². The predicted molar refractivity (Wildman–Crippen MR) is 103 cm³/mol. The van der Waals surface area contributed by atoms with E-state index in [0.717, 1.165) is 35.0 Å². The Kier molecular flexibility index (Phi) is 4.82. The van der Waals surface area contributed by atoms with Gasteiger partial charge in [-0.3, -0.25) is 4.98 Å². The summed E-state index contributed by atoms with van der Waals surface area (Å²) in [6.07, 6.45) is 6.62. The van der Waals surface area contributed by atoms with E-state index < -0.39 is 0 Å². The van der Waals surface area contributed by atoms with Crippen molar-refractivity contribution in [3.63, 3.8) is 0 Å². The Morgan fingerprint density at radius 3 is 2.59 bits per heavy atom. The summed E-state index contributed by atoms with van der Waals surface area (Å²) in [7, 11) is 0. The number of pyridine rings is 1. The molecule has 3 heterocycles. The number of piperidine rings is 1. The van der Waals surface area contributed by atoms with Gasteiger partial charge in [0.1, 0.15) is 6.10 Å². The maximum absolute atomic E-state index is 12.7. The van der Waals surface area contributed by atoms with Gasteiger partial charge in [-0.2, -0.15) is 0 Å². The molecule has 0 spiro atoms. The maximum atomic E-state index is 12.7. The molecule has 0 atom stereocenters. The first-order valence-corrected chi connectivity index (χ1v) is 9.04. The van der Waals surface area contributed by atoms with Crippen LogP contribution in [0, 0.1) is 6.92 Å². The molecular formula is C20H21N5O2. The number of fused-ring (bicyclic) bond motifs is 1. The molecule has 1 N–H and O–H groups in total. The van der Waals surface area contributed by atoms with Crippen molar-refractivity contribution in [1.82, 2.24) is 19.9 Å². The minimum absolute atomic E-state index is 0.0286. The molecule has 0 radical (unpaired) electrons. The van der Waals surface area contributed by atoms with Crippen molar-refractivity contribution in [2.75, 3.05) is 18.4 Å². The van der Waals surface area contributed by atoms with Crippen LogP contribution in [-0.2, 0) is 0 Å². The molecule has 2 amide bonds. The monoisotopic (exact) mass is 363 g/mol. The highest BCUT2D eigenvalue weighted by Crippen LogP contribution is 2.25. The van der Waals surface area contributed by atoms with Gasteiger partial charge in [-0.05, 0) is 36.8 Å². The van der Waals surface area contributed by atoms with Crippen LogP contribution in [0.5, 0.6) is 6.01 Å². The van der Waals surface area contributed by atoms with Crippen LogP contribution in [0.15, 0.2) is 48.9 Å². The molecule has 1 saturated heterocycles. The van der Waals surface area contributed by atoms with Gasteiger partial charge in [0.15, 0.2) is 0 Å². The minimum Gasteiger partial charge on any atom is -0.460 e. The van der Waals surface area contributed by atoms with Gasteiger partial charge in [0, 0.05) is 49.9 Å². The van der Waals surface area contributed by atoms with Gasteiger partial charge >= 0.3 is 12.0 Å². The standard InChI is InChI=1S/C20H21N5O2/c1-14-5-6-17(16-4-2-9-21-18(14)16)24-20(26)25-12-7-15(8-13-25)27-19-22-10-3-11-23-19/h2-6,9-11,15H,7-8,12-13H2,1H3,(H,24,26). The first-order chi connectivity index (χ1) is 13.2. The van der Waals surface area contributed by atoms with Gasteiger partial charge in [0.05, 0.1) is 11.2 Å². The smallest absolute Gasteiger partial charge is 0.321 e. The summed E-state index contributed by atoms with van der Waals surface area (Å²) in [5.41, 5.74) is 2.78. The number of nitrogens with zero attached hydrogens (tertiary/aromatic N) is 4. The van der Waals surface area contributed by atoms with E-state index in [1.54, 1.807) is 24.7 Å². The number of amides is 2. The molecule has 0 saturated carbocycles. The van der Waals surface area contributed by atoms with Gasteiger partial charge in [-0.25, -0.2) is 14.8 Å². The number of carbonyl (C=O) groups excluding carboxylic acids is 1. The van der Waals surface area contributed by atoms with E-state index in [2.05, 4.69) is 20.3 Å². The molecule has 7 heteroatoms. The Hall–Kier alpha value is -3.22. The third-order valence-electron chi connectivity index (χ3n) is 4.76. The van der Waals surface area contributed by atoms with Crippen molar-refractivity contribution in [3.8, 4) is 6.01 Å². The summed E-state index contributed by atoms with van der Waals surface area (Å²) in [5, 5.41) is 3.98. The number of urea groups is 1. The SMILES string of the molecule is Cc1ccc(NC(=O)N2CCC(Oc3ncccn3)CC2)c2cccnc12. The second-order valence-corrected chi connectivity index (χ2v) is 6.60. The Morgan fingerprint density at radius 2 is 1.81 bits per heavy atom. The quantitative estimate of drug-likeness (QED) is 0.771. The van der Waals surface area contributed by atoms with E-state index in [9.17, 15) is 4.79 Å². The maximum Gasteiger partial charge on any atom is 0.321 e. The highest BCUT2D eigenvalue weighted by molar-refractivity contribution is 6.01. The number of hydrogen-bond acceptors (Lipinski definition) is 5. The molecule has 7 nitrogen and oxygen atoms in total. The van der Waals surface area contributed by atoms with Crippen LogP contribution < -0.4 is 10.1 Å². The molecule has 27 heavy (non-hydrogen) atoms. The van der Waals surface area contributed by atoms with Crippen LogP contribution in [0.4, 0.5) is 10.5 Å². The Labute approximate surface area is 157 Å². The molecule has 0 unspecified atom stereocenters. The Bertz CT molecular complexity index is 940. The molecular weight excluding hydrogens is 342 g/mol. The second kappa shape index (κ2) is 7.57. The number of likely N-dealkylation sites (tertiary alicyclic amines) is 1. The lowest BCUT2D eigenvalue weighted by Crippen LogP contribution is -2.43. The molecule has 4 rings (SSSR count). The van der Waals surface area contributed by atoms with Crippen molar-refractivity contribution >= 4 is 22.6 Å². The number of nitrogens with one attached hydrogen (secondary N) is 1. The molecule has 0 bridgehead atoms. The van der Waals surface area contributed by atoms with E-state index in [1.165, 1.54) is 0 Å². The molecule has 138 valence electrons. The number of ether oxygens (including phenoxy) is 1. The average molecular weight is 363 g/mol. The van der Waals surface area contributed by atoms with Gasteiger partial charge in [0.2, 0.25) is 0 Å². The van der Waals surface area contributed by atoms with Gasteiger partial charge in [-0.15, -0.1) is 0 Å². The highest BCUT2D eigenvalue weighted by atomic mass is 16.5. The van der Waals surface area contributed by atoms with Gasteiger partial charge in [0.25, 0.3) is 0 Å². The number of benzene rings is 1. The van der Waals surface area contributed by atoms with Crippen LogP contribution in [0.2, 0.25) is 0 Å². The summed E-state index contributed by atoms with van der Waals surface area (Å²) < 4.78 is 5.78. The summed E-state index contributed by atoms with van der Waals surface area (Å²) in [6.45, 7) is 3.28. The molecule has 1 fully saturated rings. The number of hydrogen-bond donors (Lipinski definition) is 1. The molecule has 1 aliphatic rings. The zero-order chi connectivity index (χ0) is 18.6. The van der Waals surface area contributed by atoms with E-state index in [4.69, 9.17) is 4.74 Å². The second-order valence-electron chi connectivity index (χ2n) is 6.60. The summed E-state index contributed by atoms with van der Waals surface area (Å²) in [6, 6.07) is 9.81. The number of rotatable bonds is 3. The Balaban J connectivity index is 1.38. The normalized spacial score (nSPS) is 14.9. The van der Waals surface area contributed by atoms with Crippen LogP contribution in [0.25, 0.3) is 10.9 Å². The number of aromatic nitrogens is 3. The van der Waals surface area contributed by atoms with E-state index in [0.29, 0.717) is 19.1 Å². The third-order valence-corrected chi connectivity index (χ3v) is 4.76. The zero-order valence-electron chi connectivity index (χ0n) is 15.1. The van der Waals surface area contributed by atoms with Crippen LogP contribution >= 0.6 is 0 Å². The lowest BCUT2D eigenvalue weighted by atomic mass is 10.1. The predicted octanol–water partition coefficient (Wildman–Crippen LogP) is 3.41. The highest BCUT2D eigenvalue weighted by Gasteiger charge is 2.25. The van der Waals surface area contributed by atoms with Crippen molar-refractivity contribution in [1.29, 1.82) is 0 Å². The molecule has 3 aromatic rings. The molecule has 1 aliphatic heterocycles. The Morgan fingerprint density at radius 1 is 1.07 bits per heavy atom. The fourth-order valence-corrected chi connectivity index (χ4v) is 3.29. The number of carbonyl (C=O) groups is 1. The molecule has 0 aliphatic carbocycles. The lowest BCUT2D eigenvalue weighted by Gasteiger charge is -2.31. The van der Waals surface area contributed by atoms with Crippen LogP contribution in [-0.4, -0.2) is 45.1 Å². The van der Waals surface area contributed by atoms with Crippen molar-refractivity contribution in [3.05, 3.63) is 54.5 Å². The largest absolute Gasteiger partial charge is 0.460 e. The lowest BCUT2D eigenvalue weighted by molar-refractivity contribution is 0.107. The van der Waals surface area contributed by atoms with Crippen LogP contribution in [0.3, 0.4) is 0 Å². The van der Waals surface area contributed by atoms with E-state index in [-0.39, 0.29) is 12.1 Å². The van der Waals surface area contributed by atoms with Crippen LogP contribution in [0.1, 0.15) is 18.4 Å². The minimum atomic E-state index is -0.0987. The van der Waals surface area contributed by atoms with Crippen molar-refractivity contribution in [2.45, 2.75) is 25.9 Å². The fraction of sp³-hybridized carbons (Fsp3) is 0.300. The van der Waals surface area contributed by atoms with Gasteiger partial charge < -0.3 is 15.0 Å². The summed E-state index contributed by atoms with van der Waals surface area (Å²) in [5.74, 6) is 0. The fourth-order valence-electron chi connectivity index (χ4n) is 3.29. The third kappa shape index (κ3) is 3.81. The number of aryl methyl sites for hydroxylation is 1. The average Bonchev–Trinajstić information content (AvgIpc) is 2.71.